The van der Waals surface area contributed by atoms with E-state index >= 15 is 0 Å². The Labute approximate surface area is 148 Å². The van der Waals surface area contributed by atoms with Crippen LogP contribution in [0.3, 0.4) is 0 Å². The maximum atomic E-state index is 12.9. The van der Waals surface area contributed by atoms with Gasteiger partial charge in [0, 0.05) is 24.3 Å². The van der Waals surface area contributed by atoms with Gasteiger partial charge in [0.2, 0.25) is 5.88 Å². The fourth-order valence-corrected chi connectivity index (χ4v) is 2.02. The molecule has 0 aliphatic carbocycles. The van der Waals surface area contributed by atoms with Gasteiger partial charge in [0.1, 0.15) is 11.6 Å². The molecule has 0 saturated carbocycles. The van der Waals surface area contributed by atoms with E-state index in [-0.39, 0.29) is 11.4 Å². The molecule has 25 heavy (non-hydrogen) atoms. The van der Waals surface area contributed by atoms with Crippen LogP contribution in [0.2, 0.25) is 0 Å². The lowest BCUT2D eigenvalue weighted by Crippen LogP contribution is -2.47. The van der Waals surface area contributed by atoms with Gasteiger partial charge in [-0.15, -0.1) is 0 Å². The number of halogens is 1. The van der Waals surface area contributed by atoms with E-state index < -0.39 is 0 Å². The minimum atomic E-state index is -0.297. The highest BCUT2D eigenvalue weighted by Crippen LogP contribution is 2.19. The normalized spacial score (nSPS) is 12.0. The molecule has 0 spiro atoms. The van der Waals surface area contributed by atoms with E-state index in [1.165, 1.54) is 12.1 Å². The van der Waals surface area contributed by atoms with Gasteiger partial charge in [-0.2, -0.15) is 0 Å². The molecule has 1 aromatic carbocycles. The first-order chi connectivity index (χ1) is 11.9. The van der Waals surface area contributed by atoms with Crippen molar-refractivity contribution >= 4 is 5.96 Å². The number of rotatable bonds is 5. The highest BCUT2D eigenvalue weighted by Gasteiger charge is 2.11. The summed E-state index contributed by atoms with van der Waals surface area (Å²) in [6.07, 6.45) is 1.73. The number of hydrogen-bond donors (Lipinski definition) is 2. The van der Waals surface area contributed by atoms with Gasteiger partial charge in [0.15, 0.2) is 5.96 Å². The number of nitrogens with one attached hydrogen (secondary N) is 2. The van der Waals surface area contributed by atoms with Gasteiger partial charge in [-0.3, -0.25) is 0 Å². The van der Waals surface area contributed by atoms with Crippen molar-refractivity contribution in [3.8, 4) is 11.6 Å². The van der Waals surface area contributed by atoms with Gasteiger partial charge in [0.05, 0.1) is 6.54 Å². The predicted octanol–water partition coefficient (Wildman–Crippen LogP) is 3.87. The summed E-state index contributed by atoms with van der Waals surface area (Å²) in [5.74, 6) is 1.47. The molecule has 2 rings (SSSR count). The van der Waals surface area contributed by atoms with Gasteiger partial charge in [0.25, 0.3) is 0 Å². The molecular formula is C19H25FN4O. The summed E-state index contributed by atoms with van der Waals surface area (Å²) in [5, 5.41) is 6.56. The van der Waals surface area contributed by atoms with E-state index in [0.29, 0.717) is 18.2 Å². The third kappa shape index (κ3) is 6.79. The van der Waals surface area contributed by atoms with Gasteiger partial charge >= 0.3 is 0 Å². The molecular weight excluding hydrogens is 319 g/mol. The zero-order valence-corrected chi connectivity index (χ0v) is 15.1. The van der Waals surface area contributed by atoms with E-state index in [1.807, 2.05) is 13.0 Å². The largest absolute Gasteiger partial charge is 0.439 e. The second-order valence-electron chi connectivity index (χ2n) is 6.63. The molecule has 0 bridgehead atoms. The molecule has 2 N–H and O–H groups in total. The quantitative estimate of drug-likeness (QED) is 0.639. The third-order valence-corrected chi connectivity index (χ3v) is 3.09. The van der Waals surface area contributed by atoms with E-state index in [4.69, 9.17) is 4.74 Å². The van der Waals surface area contributed by atoms with Crippen LogP contribution in [0.5, 0.6) is 11.6 Å². The Morgan fingerprint density at radius 2 is 1.88 bits per heavy atom. The van der Waals surface area contributed by atoms with Crippen LogP contribution in [-0.4, -0.2) is 23.0 Å². The summed E-state index contributed by atoms with van der Waals surface area (Å²) in [4.78, 5) is 8.83. The molecule has 2 aromatic rings. The van der Waals surface area contributed by atoms with E-state index in [2.05, 4.69) is 41.4 Å². The molecule has 1 heterocycles. The van der Waals surface area contributed by atoms with E-state index in [9.17, 15) is 4.39 Å². The number of hydrogen-bond acceptors (Lipinski definition) is 3. The van der Waals surface area contributed by atoms with Crippen LogP contribution in [-0.2, 0) is 6.54 Å². The molecule has 0 unspecified atom stereocenters. The molecule has 1 aromatic heterocycles. The van der Waals surface area contributed by atoms with Crippen LogP contribution >= 0.6 is 0 Å². The zero-order chi connectivity index (χ0) is 18.3. The third-order valence-electron chi connectivity index (χ3n) is 3.09. The minimum Gasteiger partial charge on any atom is -0.439 e. The smallest absolute Gasteiger partial charge is 0.219 e. The summed E-state index contributed by atoms with van der Waals surface area (Å²) in [6, 6.07) is 9.52. The van der Waals surface area contributed by atoms with Crippen molar-refractivity contribution in [1.29, 1.82) is 0 Å². The maximum Gasteiger partial charge on any atom is 0.219 e. The van der Waals surface area contributed by atoms with Crippen molar-refractivity contribution in [2.45, 2.75) is 39.8 Å². The van der Waals surface area contributed by atoms with Gasteiger partial charge in [-0.05, 0) is 57.5 Å². The van der Waals surface area contributed by atoms with Gasteiger partial charge < -0.3 is 15.4 Å². The minimum absolute atomic E-state index is 0.0634. The fourth-order valence-electron chi connectivity index (χ4n) is 2.02. The first-order valence-electron chi connectivity index (χ1n) is 8.30. The molecule has 0 saturated heterocycles. The maximum absolute atomic E-state index is 12.9. The van der Waals surface area contributed by atoms with Crippen LogP contribution in [0.25, 0.3) is 0 Å². The van der Waals surface area contributed by atoms with Gasteiger partial charge in [-0.1, -0.05) is 6.07 Å². The second kappa shape index (κ2) is 8.46. The molecule has 6 heteroatoms. The summed E-state index contributed by atoms with van der Waals surface area (Å²) in [6.45, 7) is 9.60. The van der Waals surface area contributed by atoms with Crippen LogP contribution in [0, 0.1) is 5.82 Å². The standard InChI is InChI=1S/C19H25FN4O/c1-5-21-18(24-19(2,3)4)23-13-14-6-11-17(22-12-14)25-16-9-7-15(20)8-10-16/h6-12H,5,13H2,1-4H3,(H2,21,23,24). The molecule has 0 radical (unpaired) electrons. The topological polar surface area (TPSA) is 58.5 Å². The second-order valence-corrected chi connectivity index (χ2v) is 6.63. The lowest BCUT2D eigenvalue weighted by Gasteiger charge is -2.23. The van der Waals surface area contributed by atoms with Crippen LogP contribution in [0.4, 0.5) is 4.39 Å². The number of nitrogens with zero attached hydrogens (tertiary/aromatic N) is 2. The predicted molar refractivity (Wildman–Crippen MR) is 98.4 cm³/mol. The lowest BCUT2D eigenvalue weighted by atomic mass is 10.1. The SMILES string of the molecule is CCNC(=NCc1ccc(Oc2ccc(F)cc2)nc1)NC(C)(C)C. The Morgan fingerprint density at radius 3 is 2.44 bits per heavy atom. The average Bonchev–Trinajstić information content (AvgIpc) is 2.55. The van der Waals surface area contributed by atoms with Crippen molar-refractivity contribution in [2.75, 3.05) is 6.54 Å². The summed E-state index contributed by atoms with van der Waals surface area (Å²) < 4.78 is 18.5. The zero-order valence-electron chi connectivity index (χ0n) is 15.1. The van der Waals surface area contributed by atoms with Crippen LogP contribution < -0.4 is 15.4 Å². The molecule has 5 nitrogen and oxygen atoms in total. The number of aromatic nitrogens is 1. The number of aliphatic imine (C=N–C) groups is 1. The number of ether oxygens (including phenoxy) is 1. The fraction of sp³-hybridized carbons (Fsp3) is 0.368. The van der Waals surface area contributed by atoms with Crippen molar-refractivity contribution < 1.29 is 9.13 Å². The molecule has 0 fully saturated rings. The monoisotopic (exact) mass is 344 g/mol. The molecule has 0 amide bonds. The summed E-state index contributed by atoms with van der Waals surface area (Å²) in [5.41, 5.74) is 0.907. The van der Waals surface area contributed by atoms with Crippen LogP contribution in [0.1, 0.15) is 33.3 Å². The molecule has 0 aliphatic rings. The first-order valence-corrected chi connectivity index (χ1v) is 8.30. The highest BCUT2D eigenvalue weighted by atomic mass is 19.1. The Hall–Kier alpha value is -2.63. The summed E-state index contributed by atoms with van der Waals surface area (Å²) in [7, 11) is 0. The van der Waals surface area contributed by atoms with Crippen molar-refractivity contribution in [1.82, 2.24) is 15.6 Å². The Bertz CT molecular complexity index is 691. The number of pyridine rings is 1. The average molecular weight is 344 g/mol. The molecule has 0 aliphatic heterocycles. The van der Waals surface area contributed by atoms with Crippen LogP contribution in [0.15, 0.2) is 47.6 Å². The van der Waals surface area contributed by atoms with E-state index in [0.717, 1.165) is 18.1 Å². The first kappa shape index (κ1) is 18.7. The highest BCUT2D eigenvalue weighted by molar-refractivity contribution is 5.80. The molecule has 0 atom stereocenters. The van der Waals surface area contributed by atoms with E-state index in [1.54, 1.807) is 24.4 Å². The Kier molecular flexibility index (Phi) is 6.33. The molecule has 134 valence electrons. The van der Waals surface area contributed by atoms with Crippen molar-refractivity contribution in [3.63, 3.8) is 0 Å². The lowest BCUT2D eigenvalue weighted by molar-refractivity contribution is 0.461. The van der Waals surface area contributed by atoms with Gasteiger partial charge in [-0.25, -0.2) is 14.4 Å². The Balaban J connectivity index is 1.98. The number of benzene rings is 1. The van der Waals surface area contributed by atoms with Crippen molar-refractivity contribution in [2.24, 2.45) is 4.99 Å². The van der Waals surface area contributed by atoms with Crippen molar-refractivity contribution in [3.05, 3.63) is 54.0 Å². The number of guanidine groups is 1. The Morgan fingerprint density at radius 1 is 1.16 bits per heavy atom. The summed E-state index contributed by atoms with van der Waals surface area (Å²) >= 11 is 0.